The summed E-state index contributed by atoms with van der Waals surface area (Å²) in [5.41, 5.74) is 0.567. The van der Waals surface area contributed by atoms with Gasteiger partial charge in [0.15, 0.2) is 5.78 Å². The average molecular weight is 341 g/mol. The SMILES string of the molecule is CC(=O)c1cc(Br)ccc1Oc1ccc2ccccc2c1. The first-order chi connectivity index (χ1) is 10.1. The summed E-state index contributed by atoms with van der Waals surface area (Å²) in [4.78, 5) is 11.7. The molecule has 0 heterocycles. The quantitative estimate of drug-likeness (QED) is 0.580. The number of hydrogen-bond acceptors (Lipinski definition) is 2. The molecule has 3 heteroatoms. The van der Waals surface area contributed by atoms with Gasteiger partial charge in [-0.05, 0) is 48.0 Å². The molecule has 3 aromatic rings. The van der Waals surface area contributed by atoms with E-state index in [2.05, 4.69) is 22.0 Å². The van der Waals surface area contributed by atoms with Gasteiger partial charge in [0.2, 0.25) is 0 Å². The molecule has 2 nitrogen and oxygen atoms in total. The zero-order valence-electron chi connectivity index (χ0n) is 11.5. The van der Waals surface area contributed by atoms with Crippen LogP contribution in [-0.4, -0.2) is 5.78 Å². The standard InChI is InChI=1S/C18H13BrO2/c1-12(20)17-11-15(19)7-9-18(17)21-16-8-6-13-4-2-3-5-14(13)10-16/h2-11H,1H3. The van der Waals surface area contributed by atoms with Gasteiger partial charge in [-0.3, -0.25) is 4.79 Å². The molecule has 0 radical (unpaired) electrons. The number of hydrogen-bond donors (Lipinski definition) is 0. The second-order valence-corrected chi connectivity index (χ2v) is 5.72. The summed E-state index contributed by atoms with van der Waals surface area (Å²) in [6.07, 6.45) is 0. The van der Waals surface area contributed by atoms with Crippen molar-refractivity contribution in [1.29, 1.82) is 0 Å². The Kier molecular flexibility index (Phi) is 3.76. The summed E-state index contributed by atoms with van der Waals surface area (Å²) in [6.45, 7) is 1.54. The van der Waals surface area contributed by atoms with Crippen LogP contribution in [0, 0.1) is 0 Å². The maximum Gasteiger partial charge on any atom is 0.163 e. The van der Waals surface area contributed by atoms with E-state index >= 15 is 0 Å². The minimum Gasteiger partial charge on any atom is -0.457 e. The summed E-state index contributed by atoms with van der Waals surface area (Å²) in [5, 5.41) is 2.27. The van der Waals surface area contributed by atoms with Crippen LogP contribution in [0.1, 0.15) is 17.3 Å². The molecule has 0 amide bonds. The summed E-state index contributed by atoms with van der Waals surface area (Å²) in [7, 11) is 0. The Morgan fingerprint density at radius 1 is 0.952 bits per heavy atom. The zero-order valence-corrected chi connectivity index (χ0v) is 13.1. The monoisotopic (exact) mass is 340 g/mol. The number of rotatable bonds is 3. The van der Waals surface area contributed by atoms with E-state index in [0.717, 1.165) is 21.0 Å². The lowest BCUT2D eigenvalue weighted by Gasteiger charge is -2.10. The van der Waals surface area contributed by atoms with E-state index in [1.54, 1.807) is 12.1 Å². The van der Waals surface area contributed by atoms with Crippen molar-refractivity contribution in [2.24, 2.45) is 0 Å². The first-order valence-corrected chi connectivity index (χ1v) is 7.40. The Morgan fingerprint density at radius 3 is 2.48 bits per heavy atom. The van der Waals surface area contributed by atoms with Crippen LogP contribution < -0.4 is 4.74 Å². The Labute approximate surface area is 131 Å². The van der Waals surface area contributed by atoms with Crippen molar-refractivity contribution in [2.75, 3.05) is 0 Å². The molecule has 0 aliphatic carbocycles. The largest absolute Gasteiger partial charge is 0.457 e. The van der Waals surface area contributed by atoms with Crippen LogP contribution in [0.15, 0.2) is 65.1 Å². The van der Waals surface area contributed by atoms with Gasteiger partial charge in [-0.25, -0.2) is 0 Å². The third-order valence-electron chi connectivity index (χ3n) is 3.27. The number of fused-ring (bicyclic) bond motifs is 1. The van der Waals surface area contributed by atoms with Crippen molar-refractivity contribution in [3.05, 3.63) is 70.7 Å². The van der Waals surface area contributed by atoms with Crippen LogP contribution >= 0.6 is 15.9 Å². The fraction of sp³-hybridized carbons (Fsp3) is 0.0556. The van der Waals surface area contributed by atoms with E-state index in [1.165, 1.54) is 6.92 Å². The highest BCUT2D eigenvalue weighted by Crippen LogP contribution is 2.30. The molecule has 0 bridgehead atoms. The van der Waals surface area contributed by atoms with Crippen molar-refractivity contribution in [3.8, 4) is 11.5 Å². The van der Waals surface area contributed by atoms with Gasteiger partial charge in [0, 0.05) is 4.47 Å². The highest BCUT2D eigenvalue weighted by molar-refractivity contribution is 9.10. The van der Waals surface area contributed by atoms with E-state index in [4.69, 9.17) is 4.74 Å². The van der Waals surface area contributed by atoms with Crippen molar-refractivity contribution < 1.29 is 9.53 Å². The highest BCUT2D eigenvalue weighted by atomic mass is 79.9. The van der Waals surface area contributed by atoms with E-state index in [-0.39, 0.29) is 5.78 Å². The fourth-order valence-corrected chi connectivity index (χ4v) is 2.59. The van der Waals surface area contributed by atoms with Gasteiger partial charge < -0.3 is 4.74 Å². The Morgan fingerprint density at radius 2 is 1.71 bits per heavy atom. The van der Waals surface area contributed by atoms with Crippen LogP contribution in [-0.2, 0) is 0 Å². The third kappa shape index (κ3) is 2.98. The smallest absolute Gasteiger partial charge is 0.163 e. The predicted octanol–water partition coefficient (Wildman–Crippen LogP) is 5.60. The topological polar surface area (TPSA) is 26.3 Å². The van der Waals surface area contributed by atoms with Gasteiger partial charge in [0.1, 0.15) is 11.5 Å². The number of carbonyl (C=O) groups is 1. The molecule has 0 N–H and O–H groups in total. The molecule has 0 unspecified atom stereocenters. The van der Waals surface area contributed by atoms with Gasteiger partial charge in [-0.2, -0.15) is 0 Å². The first kappa shape index (κ1) is 13.8. The maximum atomic E-state index is 11.7. The number of Topliss-reactive ketones (excluding diaryl/α,β-unsaturated/α-hetero) is 1. The third-order valence-corrected chi connectivity index (χ3v) is 3.76. The summed E-state index contributed by atoms with van der Waals surface area (Å²) in [6, 6.07) is 19.4. The lowest BCUT2D eigenvalue weighted by Crippen LogP contribution is -1.97. The molecule has 0 atom stereocenters. The van der Waals surface area contributed by atoms with E-state index in [0.29, 0.717) is 11.3 Å². The molecule has 104 valence electrons. The van der Waals surface area contributed by atoms with Crippen molar-refractivity contribution in [1.82, 2.24) is 0 Å². The second kappa shape index (κ2) is 5.70. The number of benzene rings is 3. The van der Waals surface area contributed by atoms with Crippen LogP contribution in [0.5, 0.6) is 11.5 Å². The molecular formula is C18H13BrO2. The molecule has 21 heavy (non-hydrogen) atoms. The lowest BCUT2D eigenvalue weighted by atomic mass is 10.1. The minimum absolute atomic E-state index is 0.0212. The van der Waals surface area contributed by atoms with Gasteiger partial charge in [0.05, 0.1) is 5.56 Å². The van der Waals surface area contributed by atoms with Gasteiger partial charge in [-0.15, -0.1) is 0 Å². The molecule has 0 saturated heterocycles. The number of carbonyl (C=O) groups excluding carboxylic acids is 1. The first-order valence-electron chi connectivity index (χ1n) is 6.60. The molecule has 0 aliphatic heterocycles. The van der Waals surface area contributed by atoms with Crippen LogP contribution in [0.25, 0.3) is 10.8 Å². The average Bonchev–Trinajstić information content (AvgIpc) is 2.49. The van der Waals surface area contributed by atoms with Crippen LogP contribution in [0.4, 0.5) is 0 Å². The predicted molar refractivity (Wildman–Crippen MR) is 88.2 cm³/mol. The number of halogens is 1. The number of ether oxygens (including phenoxy) is 1. The molecule has 0 fully saturated rings. The van der Waals surface area contributed by atoms with Gasteiger partial charge in [0.25, 0.3) is 0 Å². The number of ketones is 1. The second-order valence-electron chi connectivity index (χ2n) is 4.81. The van der Waals surface area contributed by atoms with Gasteiger partial charge >= 0.3 is 0 Å². The van der Waals surface area contributed by atoms with Gasteiger partial charge in [-0.1, -0.05) is 46.3 Å². The maximum absolute atomic E-state index is 11.7. The van der Waals surface area contributed by atoms with E-state index in [9.17, 15) is 4.79 Å². The molecule has 0 aliphatic rings. The molecule has 0 spiro atoms. The normalized spacial score (nSPS) is 10.6. The van der Waals surface area contributed by atoms with E-state index < -0.39 is 0 Å². The van der Waals surface area contributed by atoms with Crippen LogP contribution in [0.2, 0.25) is 0 Å². The summed E-state index contributed by atoms with van der Waals surface area (Å²) >= 11 is 3.37. The Balaban J connectivity index is 2.00. The zero-order chi connectivity index (χ0) is 14.8. The minimum atomic E-state index is -0.0212. The Hall–Kier alpha value is -2.13. The van der Waals surface area contributed by atoms with Crippen molar-refractivity contribution in [2.45, 2.75) is 6.92 Å². The highest BCUT2D eigenvalue weighted by Gasteiger charge is 2.10. The van der Waals surface area contributed by atoms with Crippen molar-refractivity contribution in [3.63, 3.8) is 0 Å². The van der Waals surface area contributed by atoms with Crippen molar-refractivity contribution >= 4 is 32.5 Å². The van der Waals surface area contributed by atoms with Crippen LogP contribution in [0.3, 0.4) is 0 Å². The lowest BCUT2D eigenvalue weighted by molar-refractivity contribution is 0.101. The molecule has 0 aromatic heterocycles. The summed E-state index contributed by atoms with van der Waals surface area (Å²) < 4.78 is 6.75. The fourth-order valence-electron chi connectivity index (χ4n) is 2.22. The Bertz CT molecular complexity index is 824. The summed E-state index contributed by atoms with van der Waals surface area (Å²) in [5.74, 6) is 1.27. The molecule has 3 rings (SSSR count). The molecule has 3 aromatic carbocycles. The molecule has 0 saturated carbocycles. The molecular weight excluding hydrogens is 328 g/mol. The van der Waals surface area contributed by atoms with E-state index in [1.807, 2.05) is 42.5 Å².